The molecule has 24 heavy (non-hydrogen) atoms. The molecule has 1 N–H and O–H groups in total. The molecule has 1 atom stereocenters. The number of methoxy groups -OCH3 is 2. The fraction of sp³-hybridized carbons (Fsp3) is 0.667. The lowest BCUT2D eigenvalue weighted by atomic mass is 9.95. The lowest BCUT2D eigenvalue weighted by molar-refractivity contribution is 0.157. The van der Waals surface area contributed by atoms with Gasteiger partial charge in [0.2, 0.25) is 0 Å². The first-order valence-electron chi connectivity index (χ1n) is 8.32. The van der Waals surface area contributed by atoms with Gasteiger partial charge in [-0.1, -0.05) is 13.8 Å². The van der Waals surface area contributed by atoms with Crippen LogP contribution in [-0.2, 0) is 0 Å². The Hall–Kier alpha value is -0.680. The van der Waals surface area contributed by atoms with Gasteiger partial charge in [-0.15, -0.1) is 24.8 Å². The van der Waals surface area contributed by atoms with Gasteiger partial charge in [0.1, 0.15) is 11.5 Å². The highest BCUT2D eigenvalue weighted by Gasteiger charge is 2.25. The molecule has 0 bridgehead atoms. The van der Waals surface area contributed by atoms with Crippen LogP contribution in [0.1, 0.15) is 38.3 Å². The van der Waals surface area contributed by atoms with Crippen LogP contribution >= 0.6 is 24.8 Å². The molecule has 140 valence electrons. The van der Waals surface area contributed by atoms with Crippen molar-refractivity contribution in [2.45, 2.75) is 32.7 Å². The molecular weight excluding hydrogens is 347 g/mol. The summed E-state index contributed by atoms with van der Waals surface area (Å²) in [6.07, 6.45) is 2.37. The van der Waals surface area contributed by atoms with Crippen LogP contribution < -0.4 is 14.8 Å². The number of benzene rings is 1. The van der Waals surface area contributed by atoms with E-state index in [1.165, 1.54) is 12.0 Å². The van der Waals surface area contributed by atoms with E-state index in [0.29, 0.717) is 12.0 Å². The summed E-state index contributed by atoms with van der Waals surface area (Å²) in [4.78, 5) is 2.58. The molecule has 0 unspecified atom stereocenters. The van der Waals surface area contributed by atoms with Gasteiger partial charge in [0.25, 0.3) is 0 Å². The third-order valence-corrected chi connectivity index (χ3v) is 4.41. The Kier molecular flexibility index (Phi) is 11.5. The molecule has 1 aromatic rings. The van der Waals surface area contributed by atoms with Crippen LogP contribution in [0.2, 0.25) is 0 Å². The molecule has 1 aromatic carbocycles. The Morgan fingerprint density at radius 2 is 1.71 bits per heavy atom. The van der Waals surface area contributed by atoms with Gasteiger partial charge in [-0.25, -0.2) is 0 Å². The van der Waals surface area contributed by atoms with Gasteiger partial charge < -0.3 is 14.8 Å². The van der Waals surface area contributed by atoms with E-state index in [9.17, 15) is 0 Å². The maximum Gasteiger partial charge on any atom is 0.123 e. The fourth-order valence-electron chi connectivity index (χ4n) is 3.12. The van der Waals surface area contributed by atoms with Crippen LogP contribution in [0.4, 0.5) is 0 Å². The van der Waals surface area contributed by atoms with Gasteiger partial charge in [-0.2, -0.15) is 0 Å². The molecule has 1 aliphatic heterocycles. The second kappa shape index (κ2) is 11.8. The summed E-state index contributed by atoms with van der Waals surface area (Å²) in [6.45, 7) is 8.87. The third-order valence-electron chi connectivity index (χ3n) is 4.41. The van der Waals surface area contributed by atoms with Crippen LogP contribution in [0, 0.1) is 5.92 Å². The first-order chi connectivity index (χ1) is 10.7. The highest BCUT2D eigenvalue weighted by Crippen LogP contribution is 2.36. The summed E-state index contributed by atoms with van der Waals surface area (Å²) in [7, 11) is 3.47. The van der Waals surface area contributed by atoms with Crippen molar-refractivity contribution < 1.29 is 9.47 Å². The first-order valence-corrected chi connectivity index (χ1v) is 8.32. The summed E-state index contributed by atoms with van der Waals surface area (Å²) >= 11 is 0. The van der Waals surface area contributed by atoms with Crippen molar-refractivity contribution in [3.8, 4) is 11.5 Å². The van der Waals surface area contributed by atoms with E-state index in [2.05, 4.69) is 30.1 Å². The number of nitrogens with zero attached hydrogens (tertiary/aromatic N) is 1. The number of rotatable bonds is 7. The Balaban J connectivity index is 0.00000264. The predicted molar refractivity (Wildman–Crippen MR) is 105 cm³/mol. The third kappa shape index (κ3) is 6.32. The molecule has 1 fully saturated rings. The zero-order valence-corrected chi connectivity index (χ0v) is 16.8. The van der Waals surface area contributed by atoms with E-state index in [0.717, 1.165) is 44.1 Å². The molecule has 2 rings (SSSR count). The lowest BCUT2D eigenvalue weighted by Gasteiger charge is -2.36. The van der Waals surface area contributed by atoms with E-state index >= 15 is 0 Å². The standard InChI is InChI=1S/C18H30N2O2.2ClH/c1-14(2)5-7-17(20-11-9-19-10-12-20)16-13-15(21-3)6-8-18(16)22-4;;/h6,8,13-14,17,19H,5,7,9-12H2,1-4H3;2*1H/t17-;;/m0../s1. The molecule has 1 heterocycles. The molecule has 6 heteroatoms. The number of hydrogen-bond acceptors (Lipinski definition) is 4. The van der Waals surface area contributed by atoms with E-state index in [4.69, 9.17) is 9.47 Å². The van der Waals surface area contributed by atoms with Crippen molar-refractivity contribution in [1.29, 1.82) is 0 Å². The topological polar surface area (TPSA) is 33.7 Å². The normalized spacial score (nSPS) is 16.0. The highest BCUT2D eigenvalue weighted by molar-refractivity contribution is 5.85. The SMILES string of the molecule is COc1ccc(OC)c([C@H](CCC(C)C)N2CCNCC2)c1.Cl.Cl. The van der Waals surface area contributed by atoms with E-state index < -0.39 is 0 Å². The van der Waals surface area contributed by atoms with Crippen LogP contribution in [0.15, 0.2) is 18.2 Å². The Morgan fingerprint density at radius 3 is 2.25 bits per heavy atom. The van der Waals surface area contributed by atoms with E-state index in [-0.39, 0.29) is 24.8 Å². The minimum Gasteiger partial charge on any atom is -0.497 e. The lowest BCUT2D eigenvalue weighted by Crippen LogP contribution is -2.45. The predicted octanol–water partition coefficient (Wildman–Crippen LogP) is 3.93. The van der Waals surface area contributed by atoms with Crippen LogP contribution in [0.3, 0.4) is 0 Å². The van der Waals surface area contributed by atoms with Crippen molar-refractivity contribution in [2.75, 3.05) is 40.4 Å². The van der Waals surface area contributed by atoms with Crippen molar-refractivity contribution in [3.05, 3.63) is 23.8 Å². The van der Waals surface area contributed by atoms with Gasteiger partial charge in [0.15, 0.2) is 0 Å². The summed E-state index contributed by atoms with van der Waals surface area (Å²) in [5.74, 6) is 2.58. The second-order valence-corrected chi connectivity index (χ2v) is 6.38. The fourth-order valence-corrected chi connectivity index (χ4v) is 3.12. The summed E-state index contributed by atoms with van der Waals surface area (Å²) < 4.78 is 11.1. The maximum atomic E-state index is 5.63. The maximum absolute atomic E-state index is 5.63. The number of piperazine rings is 1. The van der Waals surface area contributed by atoms with Gasteiger partial charge in [0.05, 0.1) is 14.2 Å². The Labute approximate surface area is 159 Å². The minimum atomic E-state index is 0. The number of ether oxygens (including phenoxy) is 2. The summed E-state index contributed by atoms with van der Waals surface area (Å²) in [6, 6.07) is 6.54. The smallest absolute Gasteiger partial charge is 0.123 e. The van der Waals surface area contributed by atoms with Crippen molar-refractivity contribution in [2.24, 2.45) is 5.92 Å². The van der Waals surface area contributed by atoms with Gasteiger partial charge in [-0.3, -0.25) is 4.90 Å². The summed E-state index contributed by atoms with van der Waals surface area (Å²) in [5, 5.41) is 3.44. The molecule has 0 spiro atoms. The van der Waals surface area contributed by atoms with E-state index in [1.54, 1.807) is 14.2 Å². The Morgan fingerprint density at radius 1 is 1.04 bits per heavy atom. The number of nitrogens with one attached hydrogen (secondary N) is 1. The molecule has 1 saturated heterocycles. The molecule has 0 saturated carbocycles. The van der Waals surface area contributed by atoms with Crippen molar-refractivity contribution in [1.82, 2.24) is 10.2 Å². The van der Waals surface area contributed by atoms with Gasteiger partial charge in [-0.05, 0) is 37.0 Å². The minimum absolute atomic E-state index is 0. The molecule has 0 radical (unpaired) electrons. The van der Waals surface area contributed by atoms with Gasteiger partial charge >= 0.3 is 0 Å². The molecule has 0 aromatic heterocycles. The van der Waals surface area contributed by atoms with Crippen LogP contribution in [0.5, 0.6) is 11.5 Å². The first kappa shape index (κ1) is 23.3. The van der Waals surface area contributed by atoms with Crippen LogP contribution in [0.25, 0.3) is 0 Å². The van der Waals surface area contributed by atoms with Crippen molar-refractivity contribution >= 4 is 24.8 Å². The van der Waals surface area contributed by atoms with E-state index in [1.807, 2.05) is 12.1 Å². The highest BCUT2D eigenvalue weighted by atomic mass is 35.5. The zero-order chi connectivity index (χ0) is 15.9. The summed E-state index contributed by atoms with van der Waals surface area (Å²) in [5.41, 5.74) is 1.25. The number of halogens is 2. The van der Waals surface area contributed by atoms with Gasteiger partial charge in [0, 0.05) is 37.8 Å². The average Bonchev–Trinajstić information content (AvgIpc) is 2.55. The molecular formula is C18H32Cl2N2O2. The second-order valence-electron chi connectivity index (χ2n) is 6.38. The average molecular weight is 379 g/mol. The molecule has 0 amide bonds. The number of hydrogen-bond donors (Lipinski definition) is 1. The van der Waals surface area contributed by atoms with Crippen LogP contribution in [-0.4, -0.2) is 45.3 Å². The molecule has 0 aliphatic carbocycles. The quantitative estimate of drug-likeness (QED) is 0.778. The monoisotopic (exact) mass is 378 g/mol. The Bertz CT molecular complexity index is 466. The molecule has 4 nitrogen and oxygen atoms in total. The largest absolute Gasteiger partial charge is 0.497 e. The van der Waals surface area contributed by atoms with Crippen molar-refractivity contribution in [3.63, 3.8) is 0 Å². The zero-order valence-electron chi connectivity index (χ0n) is 15.2. The molecule has 1 aliphatic rings.